The standard InChI is InChI=1S/C19H21FN2O6S/c1-28-18-16(23)10-15-7-6-14(8-9-29(25,26)27)22(15)17(18)19(24)21-11-12-2-4-13(20)5-3-12/h2-5,10,14H,6-9,11H2,1H3,(H,21,24)(H,25,26,27). The molecule has 1 aliphatic rings. The van der Waals surface area contributed by atoms with Gasteiger partial charge >= 0.3 is 0 Å². The van der Waals surface area contributed by atoms with Crippen LogP contribution in [0.5, 0.6) is 5.75 Å². The number of pyridine rings is 1. The SMILES string of the molecule is COc1c(C(=O)NCc2ccc(F)cc2)n2c(cc1=O)CCC2CCS(=O)(=O)O. The second-order valence-corrected chi connectivity index (χ2v) is 8.40. The third-order valence-corrected chi connectivity index (χ3v) is 5.63. The van der Waals surface area contributed by atoms with Crippen LogP contribution in [0.4, 0.5) is 4.39 Å². The van der Waals surface area contributed by atoms with Crippen LogP contribution in [0, 0.1) is 5.82 Å². The molecule has 1 atom stereocenters. The maximum absolute atomic E-state index is 13.0. The summed E-state index contributed by atoms with van der Waals surface area (Å²) in [6, 6.07) is 6.61. The fraction of sp³-hybridized carbons (Fsp3) is 0.368. The molecule has 0 radical (unpaired) electrons. The van der Waals surface area contributed by atoms with Gasteiger partial charge in [-0.15, -0.1) is 0 Å². The molecule has 0 fully saturated rings. The Kier molecular flexibility index (Phi) is 6.04. The molecule has 2 aromatic rings. The van der Waals surface area contributed by atoms with Gasteiger partial charge in [0.1, 0.15) is 5.82 Å². The van der Waals surface area contributed by atoms with E-state index in [0.29, 0.717) is 24.1 Å². The molecule has 0 spiro atoms. The minimum absolute atomic E-state index is 0.00921. The number of ether oxygens (including phenoxy) is 1. The number of carbonyl (C=O) groups excluding carboxylic acids is 1. The highest BCUT2D eigenvalue weighted by Gasteiger charge is 2.31. The fourth-order valence-electron chi connectivity index (χ4n) is 3.55. The number of halogens is 1. The Hall–Kier alpha value is -2.72. The number of rotatable bonds is 7. The molecule has 10 heteroatoms. The zero-order valence-electron chi connectivity index (χ0n) is 15.7. The molecular weight excluding hydrogens is 403 g/mol. The van der Waals surface area contributed by atoms with Crippen LogP contribution in [-0.2, 0) is 23.1 Å². The monoisotopic (exact) mass is 424 g/mol. The number of amides is 1. The highest BCUT2D eigenvalue weighted by molar-refractivity contribution is 7.85. The first kappa shape index (κ1) is 21.0. The number of carbonyl (C=O) groups is 1. The second-order valence-electron chi connectivity index (χ2n) is 6.83. The van der Waals surface area contributed by atoms with Crippen molar-refractivity contribution in [3.05, 3.63) is 63.3 Å². The second kappa shape index (κ2) is 8.34. The fourth-order valence-corrected chi connectivity index (χ4v) is 4.12. The number of nitrogens with zero attached hydrogens (tertiary/aromatic N) is 1. The first-order valence-electron chi connectivity index (χ1n) is 9.00. The molecule has 29 heavy (non-hydrogen) atoms. The van der Waals surface area contributed by atoms with Crippen LogP contribution in [0.3, 0.4) is 0 Å². The number of hydrogen-bond donors (Lipinski definition) is 2. The van der Waals surface area contributed by atoms with Crippen molar-refractivity contribution in [1.29, 1.82) is 0 Å². The molecule has 3 rings (SSSR count). The van der Waals surface area contributed by atoms with Crippen LogP contribution in [0.1, 0.15) is 40.6 Å². The highest BCUT2D eigenvalue weighted by atomic mass is 32.2. The normalized spacial score (nSPS) is 15.8. The maximum Gasteiger partial charge on any atom is 0.272 e. The zero-order valence-corrected chi connectivity index (χ0v) is 16.5. The lowest BCUT2D eigenvalue weighted by Gasteiger charge is -2.21. The summed E-state index contributed by atoms with van der Waals surface area (Å²) in [7, 11) is -2.88. The van der Waals surface area contributed by atoms with Gasteiger partial charge in [-0.2, -0.15) is 8.42 Å². The van der Waals surface area contributed by atoms with E-state index in [1.54, 1.807) is 4.57 Å². The minimum Gasteiger partial charge on any atom is -0.491 e. The van der Waals surface area contributed by atoms with Crippen LogP contribution in [-0.4, -0.2) is 36.3 Å². The predicted octanol–water partition coefficient (Wildman–Crippen LogP) is 1.69. The van der Waals surface area contributed by atoms with E-state index in [1.165, 1.54) is 37.4 Å². The molecule has 1 aliphatic heterocycles. The van der Waals surface area contributed by atoms with Crippen LogP contribution in [0.25, 0.3) is 0 Å². The van der Waals surface area contributed by atoms with Crippen molar-refractivity contribution in [1.82, 2.24) is 9.88 Å². The number of fused-ring (bicyclic) bond motifs is 1. The number of aromatic nitrogens is 1. The summed E-state index contributed by atoms with van der Waals surface area (Å²) in [6.07, 6.45) is 1.12. The molecule has 1 amide bonds. The molecule has 2 N–H and O–H groups in total. The summed E-state index contributed by atoms with van der Waals surface area (Å²) < 4.78 is 51.2. The molecule has 2 heterocycles. The molecule has 1 aromatic carbocycles. The van der Waals surface area contributed by atoms with Gasteiger partial charge < -0.3 is 14.6 Å². The van der Waals surface area contributed by atoms with Crippen LogP contribution in [0.15, 0.2) is 35.1 Å². The first-order valence-corrected chi connectivity index (χ1v) is 10.6. The van der Waals surface area contributed by atoms with E-state index in [0.717, 1.165) is 0 Å². The highest BCUT2D eigenvalue weighted by Crippen LogP contribution is 2.32. The van der Waals surface area contributed by atoms with Crippen molar-refractivity contribution < 1.29 is 26.9 Å². The first-order chi connectivity index (χ1) is 13.7. The Morgan fingerprint density at radius 3 is 2.66 bits per heavy atom. The number of aryl methyl sites for hydroxylation is 1. The third kappa shape index (κ3) is 4.83. The Morgan fingerprint density at radius 2 is 2.03 bits per heavy atom. The van der Waals surface area contributed by atoms with E-state index in [4.69, 9.17) is 9.29 Å². The van der Waals surface area contributed by atoms with Crippen molar-refractivity contribution in [2.45, 2.75) is 31.8 Å². The molecule has 1 unspecified atom stereocenters. The molecular formula is C19H21FN2O6S. The number of methoxy groups -OCH3 is 1. The smallest absolute Gasteiger partial charge is 0.272 e. The van der Waals surface area contributed by atoms with E-state index in [9.17, 15) is 22.4 Å². The maximum atomic E-state index is 13.0. The van der Waals surface area contributed by atoms with Gasteiger partial charge in [0.15, 0.2) is 11.4 Å². The topological polar surface area (TPSA) is 115 Å². The van der Waals surface area contributed by atoms with Crippen molar-refractivity contribution >= 4 is 16.0 Å². The quantitative estimate of drug-likeness (QED) is 0.654. The van der Waals surface area contributed by atoms with Gasteiger partial charge in [-0.1, -0.05) is 12.1 Å². The van der Waals surface area contributed by atoms with E-state index >= 15 is 0 Å². The summed E-state index contributed by atoms with van der Waals surface area (Å²) in [4.78, 5) is 25.3. The van der Waals surface area contributed by atoms with Crippen LogP contribution < -0.4 is 15.5 Å². The summed E-state index contributed by atoms with van der Waals surface area (Å²) in [5, 5.41) is 2.69. The summed E-state index contributed by atoms with van der Waals surface area (Å²) in [5.41, 5.74) is 0.834. The zero-order chi connectivity index (χ0) is 21.2. The van der Waals surface area contributed by atoms with Gasteiger partial charge in [-0.3, -0.25) is 14.1 Å². The Morgan fingerprint density at radius 1 is 1.34 bits per heavy atom. The number of nitrogens with one attached hydrogen (secondary N) is 1. The number of hydrogen-bond acceptors (Lipinski definition) is 5. The molecule has 0 saturated heterocycles. The van der Waals surface area contributed by atoms with Gasteiger partial charge in [0.05, 0.1) is 12.9 Å². The van der Waals surface area contributed by atoms with Gasteiger partial charge in [0, 0.05) is 24.3 Å². The van der Waals surface area contributed by atoms with Crippen molar-refractivity contribution in [3.63, 3.8) is 0 Å². The van der Waals surface area contributed by atoms with Gasteiger partial charge in [0.2, 0.25) is 5.43 Å². The third-order valence-electron chi connectivity index (χ3n) is 4.88. The molecule has 8 nitrogen and oxygen atoms in total. The van der Waals surface area contributed by atoms with Crippen molar-refractivity contribution in [3.8, 4) is 5.75 Å². The molecule has 0 saturated carbocycles. The van der Waals surface area contributed by atoms with E-state index in [-0.39, 0.29) is 30.5 Å². The Labute approximate surface area is 167 Å². The minimum atomic E-state index is -4.16. The summed E-state index contributed by atoms with van der Waals surface area (Å²) >= 11 is 0. The molecule has 156 valence electrons. The molecule has 1 aromatic heterocycles. The van der Waals surface area contributed by atoms with Crippen molar-refractivity contribution in [2.24, 2.45) is 0 Å². The summed E-state index contributed by atoms with van der Waals surface area (Å²) in [5.74, 6) is -1.55. The van der Waals surface area contributed by atoms with Gasteiger partial charge in [0.25, 0.3) is 16.0 Å². The summed E-state index contributed by atoms with van der Waals surface area (Å²) in [6.45, 7) is 0.108. The molecule has 0 aliphatic carbocycles. The van der Waals surface area contributed by atoms with E-state index in [2.05, 4.69) is 5.32 Å². The Balaban J connectivity index is 1.92. The number of benzene rings is 1. The van der Waals surface area contributed by atoms with Crippen LogP contribution >= 0.6 is 0 Å². The van der Waals surface area contributed by atoms with Gasteiger partial charge in [-0.05, 0) is 37.0 Å². The average molecular weight is 424 g/mol. The van der Waals surface area contributed by atoms with Gasteiger partial charge in [-0.25, -0.2) is 4.39 Å². The van der Waals surface area contributed by atoms with Crippen LogP contribution in [0.2, 0.25) is 0 Å². The largest absolute Gasteiger partial charge is 0.491 e. The lowest BCUT2D eigenvalue weighted by atomic mass is 10.1. The lowest BCUT2D eigenvalue weighted by molar-refractivity contribution is 0.0934. The van der Waals surface area contributed by atoms with E-state index in [1.807, 2.05) is 0 Å². The Bertz CT molecular complexity index is 1080. The molecule has 0 bridgehead atoms. The predicted molar refractivity (Wildman–Crippen MR) is 103 cm³/mol. The lowest BCUT2D eigenvalue weighted by Crippen LogP contribution is -2.31. The van der Waals surface area contributed by atoms with E-state index < -0.39 is 33.0 Å². The van der Waals surface area contributed by atoms with Crippen molar-refractivity contribution in [2.75, 3.05) is 12.9 Å². The average Bonchev–Trinajstić information content (AvgIpc) is 3.06.